The van der Waals surface area contributed by atoms with E-state index in [4.69, 9.17) is 33.5 Å². The maximum absolute atomic E-state index is 10.4. The fourth-order valence-corrected chi connectivity index (χ4v) is 1.43. The molecule has 0 aliphatic carbocycles. The van der Waals surface area contributed by atoms with Gasteiger partial charge in [-0.05, 0) is 6.07 Å². The Morgan fingerprint density at radius 2 is 1.79 bits per heavy atom. The van der Waals surface area contributed by atoms with Crippen molar-refractivity contribution in [1.29, 1.82) is 0 Å². The van der Waals surface area contributed by atoms with Crippen molar-refractivity contribution in [2.45, 2.75) is 0 Å². The van der Waals surface area contributed by atoms with Crippen LogP contribution in [0.1, 0.15) is 0 Å². The van der Waals surface area contributed by atoms with E-state index in [2.05, 4.69) is 4.18 Å². The largest absolute Gasteiger partial charge is 0.446 e. The van der Waals surface area contributed by atoms with Crippen molar-refractivity contribution in [2.75, 3.05) is 5.73 Å². The van der Waals surface area contributed by atoms with Crippen LogP contribution in [0.5, 0.6) is 5.75 Å². The van der Waals surface area contributed by atoms with Crippen molar-refractivity contribution < 1.29 is 17.2 Å². The summed E-state index contributed by atoms with van der Waals surface area (Å²) < 4.78 is 33.2. The average molecular weight is 258 g/mol. The first-order chi connectivity index (χ1) is 6.29. The van der Waals surface area contributed by atoms with Gasteiger partial charge in [0.15, 0.2) is 5.75 Å². The number of nitrogen functional groups attached to an aromatic ring is 1. The van der Waals surface area contributed by atoms with Crippen LogP contribution in [0, 0.1) is 0 Å². The predicted octanol–water partition coefficient (Wildman–Crippen LogP) is 1.76. The van der Waals surface area contributed by atoms with Gasteiger partial charge in [-0.15, -0.1) is 0 Å². The Labute approximate surface area is 90.3 Å². The van der Waals surface area contributed by atoms with Gasteiger partial charge in [-0.2, -0.15) is 8.42 Å². The third-order valence-electron chi connectivity index (χ3n) is 1.25. The molecule has 0 bridgehead atoms. The second kappa shape index (κ2) is 3.82. The van der Waals surface area contributed by atoms with Crippen molar-refractivity contribution in [3.8, 4) is 5.75 Å². The van der Waals surface area contributed by atoms with E-state index in [-0.39, 0.29) is 21.5 Å². The van der Waals surface area contributed by atoms with E-state index in [0.717, 1.165) is 6.07 Å². The van der Waals surface area contributed by atoms with Gasteiger partial charge in [-0.3, -0.25) is 4.55 Å². The monoisotopic (exact) mass is 257 g/mol. The highest BCUT2D eigenvalue weighted by Crippen LogP contribution is 2.32. The molecule has 0 amide bonds. The summed E-state index contributed by atoms with van der Waals surface area (Å²) in [5.74, 6) is -0.276. The summed E-state index contributed by atoms with van der Waals surface area (Å²) in [7, 11) is -4.61. The Kier molecular flexibility index (Phi) is 3.10. The van der Waals surface area contributed by atoms with Gasteiger partial charge < -0.3 is 9.92 Å². The summed E-state index contributed by atoms with van der Waals surface area (Å²) in [4.78, 5) is 0. The second-order valence-electron chi connectivity index (χ2n) is 2.32. The zero-order valence-corrected chi connectivity index (χ0v) is 8.90. The lowest BCUT2D eigenvalue weighted by atomic mass is 10.3. The molecule has 0 radical (unpaired) electrons. The quantitative estimate of drug-likeness (QED) is 0.623. The number of anilines is 1. The first kappa shape index (κ1) is 11.4. The van der Waals surface area contributed by atoms with Gasteiger partial charge in [0, 0.05) is 6.07 Å². The summed E-state index contributed by atoms with van der Waals surface area (Å²) in [6, 6.07) is 2.30. The van der Waals surface area contributed by atoms with Gasteiger partial charge in [-0.1, -0.05) is 23.2 Å². The Hall–Kier alpha value is -0.690. The average Bonchev–Trinajstić information content (AvgIpc) is 1.97. The van der Waals surface area contributed by atoms with E-state index in [9.17, 15) is 8.42 Å². The molecule has 0 aromatic heterocycles. The first-order valence-corrected chi connectivity index (χ1v) is 5.33. The molecule has 0 aliphatic heterocycles. The van der Waals surface area contributed by atoms with Gasteiger partial charge in [-0.25, -0.2) is 0 Å². The Balaban J connectivity index is 3.17. The molecule has 1 aromatic carbocycles. The fourth-order valence-electron chi connectivity index (χ4n) is 0.730. The molecular formula is C6H5Cl2NO4S. The fraction of sp³-hybridized carbons (Fsp3) is 0. The molecule has 0 aliphatic rings. The third kappa shape index (κ3) is 2.91. The molecule has 0 saturated heterocycles. The van der Waals surface area contributed by atoms with Crippen LogP contribution in [0.2, 0.25) is 10.0 Å². The topological polar surface area (TPSA) is 89.6 Å². The van der Waals surface area contributed by atoms with Crippen LogP contribution < -0.4 is 9.92 Å². The highest BCUT2D eigenvalue weighted by atomic mass is 35.5. The molecule has 5 nitrogen and oxygen atoms in total. The van der Waals surface area contributed by atoms with Crippen LogP contribution in [0.4, 0.5) is 5.69 Å². The lowest BCUT2D eigenvalue weighted by molar-refractivity contribution is 0.387. The number of nitrogens with two attached hydrogens (primary N) is 1. The van der Waals surface area contributed by atoms with Gasteiger partial charge in [0.25, 0.3) is 0 Å². The maximum Gasteiger partial charge on any atom is 0.446 e. The van der Waals surface area contributed by atoms with Gasteiger partial charge >= 0.3 is 10.4 Å². The van der Waals surface area contributed by atoms with Crippen LogP contribution in [0.15, 0.2) is 12.1 Å². The Bertz CT molecular complexity index is 459. The van der Waals surface area contributed by atoms with Gasteiger partial charge in [0.2, 0.25) is 0 Å². The lowest BCUT2D eigenvalue weighted by Crippen LogP contribution is -2.08. The molecule has 1 rings (SSSR count). The number of benzene rings is 1. The Morgan fingerprint density at radius 1 is 1.29 bits per heavy atom. The molecule has 0 spiro atoms. The van der Waals surface area contributed by atoms with Crippen LogP contribution in [-0.2, 0) is 10.4 Å². The van der Waals surface area contributed by atoms with Gasteiger partial charge in [0.05, 0.1) is 15.7 Å². The van der Waals surface area contributed by atoms with Crippen molar-refractivity contribution >= 4 is 39.3 Å². The normalized spacial score (nSPS) is 11.4. The number of hydrogen-bond acceptors (Lipinski definition) is 4. The highest BCUT2D eigenvalue weighted by Gasteiger charge is 2.12. The molecule has 0 saturated carbocycles. The summed E-state index contributed by atoms with van der Waals surface area (Å²) >= 11 is 11.1. The molecule has 0 unspecified atom stereocenters. The van der Waals surface area contributed by atoms with Gasteiger partial charge in [0.1, 0.15) is 0 Å². The minimum atomic E-state index is -4.61. The van der Waals surface area contributed by atoms with E-state index in [1.165, 1.54) is 6.07 Å². The van der Waals surface area contributed by atoms with Crippen LogP contribution in [0.25, 0.3) is 0 Å². The third-order valence-corrected chi connectivity index (χ3v) is 2.36. The maximum atomic E-state index is 10.4. The van der Waals surface area contributed by atoms with E-state index < -0.39 is 10.4 Å². The van der Waals surface area contributed by atoms with Crippen molar-refractivity contribution in [3.05, 3.63) is 22.2 Å². The summed E-state index contributed by atoms with van der Waals surface area (Å²) in [5.41, 5.74) is 5.31. The number of hydrogen-bond donors (Lipinski definition) is 2. The number of rotatable bonds is 2. The summed E-state index contributed by atoms with van der Waals surface area (Å²) in [6.45, 7) is 0. The van der Waals surface area contributed by atoms with Crippen molar-refractivity contribution in [1.82, 2.24) is 0 Å². The lowest BCUT2D eigenvalue weighted by Gasteiger charge is -2.06. The molecule has 8 heteroatoms. The van der Waals surface area contributed by atoms with E-state index in [0.29, 0.717) is 0 Å². The van der Waals surface area contributed by atoms with Crippen molar-refractivity contribution in [3.63, 3.8) is 0 Å². The molecule has 3 N–H and O–H groups in total. The summed E-state index contributed by atoms with van der Waals surface area (Å²) in [6.07, 6.45) is 0. The molecule has 0 atom stereocenters. The standard InChI is InChI=1S/C6H5Cl2NO4S/c7-3-1-5(9)6(2-4(3)8)13-14(10,11)12/h1-2H,9H2,(H,10,11,12). The molecule has 0 fully saturated rings. The van der Waals surface area contributed by atoms with E-state index >= 15 is 0 Å². The Morgan fingerprint density at radius 3 is 2.29 bits per heavy atom. The minimum absolute atomic E-state index is 0.0444. The van der Waals surface area contributed by atoms with Crippen molar-refractivity contribution in [2.24, 2.45) is 0 Å². The zero-order valence-electron chi connectivity index (χ0n) is 6.57. The first-order valence-electron chi connectivity index (χ1n) is 3.21. The molecular weight excluding hydrogens is 253 g/mol. The SMILES string of the molecule is Nc1cc(Cl)c(Cl)cc1OS(=O)(=O)O. The van der Waals surface area contributed by atoms with E-state index in [1.807, 2.05) is 0 Å². The van der Waals surface area contributed by atoms with Crippen LogP contribution in [0.3, 0.4) is 0 Å². The van der Waals surface area contributed by atoms with E-state index in [1.54, 1.807) is 0 Å². The zero-order chi connectivity index (χ0) is 10.9. The molecule has 78 valence electrons. The predicted molar refractivity (Wildman–Crippen MR) is 53.1 cm³/mol. The molecule has 0 heterocycles. The highest BCUT2D eigenvalue weighted by molar-refractivity contribution is 7.81. The molecule has 1 aromatic rings. The minimum Gasteiger partial charge on any atom is -0.396 e. The summed E-state index contributed by atoms with van der Waals surface area (Å²) in [5, 5.41) is 0.228. The van der Waals surface area contributed by atoms with Crippen LogP contribution in [-0.4, -0.2) is 13.0 Å². The smallest absolute Gasteiger partial charge is 0.396 e. The number of halogens is 2. The molecule has 14 heavy (non-hydrogen) atoms. The second-order valence-corrected chi connectivity index (χ2v) is 4.15. The van der Waals surface area contributed by atoms with Crippen LogP contribution >= 0.6 is 23.2 Å².